The molecule has 3 heterocycles. The van der Waals surface area contributed by atoms with Crippen LogP contribution in [0.3, 0.4) is 0 Å². The molecule has 170 valence electrons. The number of nitrogens with zero attached hydrogens (tertiary/aromatic N) is 1. The van der Waals surface area contributed by atoms with Crippen LogP contribution in [0.1, 0.15) is 33.8 Å². The number of amides is 2. The highest BCUT2D eigenvalue weighted by atomic mass is 19.4. The molecule has 3 aromatic rings. The summed E-state index contributed by atoms with van der Waals surface area (Å²) in [6, 6.07) is 4.49. The fraction of sp³-hybridized carbons (Fsp3) is 0.350. The van der Waals surface area contributed by atoms with Crippen LogP contribution in [-0.2, 0) is 17.6 Å². The van der Waals surface area contributed by atoms with Crippen LogP contribution in [0.25, 0.3) is 11.0 Å². The number of rotatable bonds is 6. The molecule has 2 amide bonds. The normalized spacial score (nSPS) is 18.7. The molecule has 9 nitrogen and oxygen atoms in total. The standard InChI is InChI=1S/C20H19F3N4O5/c1-10-15(17(29)26-19(9-28)4-5-24-18(19)30)13-6-12(2-3-14(13)32-10)31-8-11-7-25-27-16(11)20(21,22)23/h2-3,6-7,28H,4-5,8-9H2,1H3,(H,24,30)(H,25,27)(H,26,29). The van der Waals surface area contributed by atoms with Gasteiger partial charge < -0.3 is 24.9 Å². The number of nitrogens with one attached hydrogen (secondary N) is 3. The molecule has 12 heteroatoms. The maximum Gasteiger partial charge on any atom is 0.435 e. The molecular formula is C20H19F3N4O5. The highest BCUT2D eigenvalue weighted by Crippen LogP contribution is 2.32. The zero-order chi connectivity index (χ0) is 23.1. The van der Waals surface area contributed by atoms with Crippen molar-refractivity contribution in [3.05, 3.63) is 47.0 Å². The average Bonchev–Trinajstić information content (AvgIpc) is 3.43. The third kappa shape index (κ3) is 3.77. The van der Waals surface area contributed by atoms with Gasteiger partial charge in [-0.15, -0.1) is 0 Å². The number of hydrogen-bond donors (Lipinski definition) is 4. The fourth-order valence-corrected chi connectivity index (χ4v) is 3.66. The number of fused-ring (bicyclic) bond motifs is 1. The number of aromatic amines is 1. The number of aromatic nitrogens is 2. The summed E-state index contributed by atoms with van der Waals surface area (Å²) >= 11 is 0. The summed E-state index contributed by atoms with van der Waals surface area (Å²) in [6.07, 6.45) is -3.29. The van der Waals surface area contributed by atoms with E-state index >= 15 is 0 Å². The molecule has 0 radical (unpaired) electrons. The lowest BCUT2D eigenvalue weighted by atomic mass is 9.97. The van der Waals surface area contributed by atoms with Crippen molar-refractivity contribution in [1.29, 1.82) is 0 Å². The van der Waals surface area contributed by atoms with Gasteiger partial charge in [0.05, 0.1) is 12.2 Å². The van der Waals surface area contributed by atoms with Gasteiger partial charge in [-0.3, -0.25) is 14.7 Å². The molecule has 1 aliphatic heterocycles. The van der Waals surface area contributed by atoms with Crippen LogP contribution in [0.4, 0.5) is 13.2 Å². The third-order valence-corrected chi connectivity index (χ3v) is 5.34. The van der Waals surface area contributed by atoms with Gasteiger partial charge in [-0.25, -0.2) is 0 Å². The lowest BCUT2D eigenvalue weighted by molar-refractivity contribution is -0.142. The Labute approximate surface area is 178 Å². The maximum atomic E-state index is 13.0. The first-order chi connectivity index (χ1) is 15.1. The van der Waals surface area contributed by atoms with E-state index < -0.39 is 42.4 Å². The van der Waals surface area contributed by atoms with Gasteiger partial charge in [0.25, 0.3) is 5.91 Å². The number of carbonyl (C=O) groups is 2. The molecule has 2 aromatic heterocycles. The fourth-order valence-electron chi connectivity index (χ4n) is 3.66. The van der Waals surface area contributed by atoms with E-state index in [2.05, 4.69) is 20.8 Å². The first kappa shape index (κ1) is 21.7. The van der Waals surface area contributed by atoms with Gasteiger partial charge in [0.2, 0.25) is 5.91 Å². The summed E-state index contributed by atoms with van der Waals surface area (Å²) in [5.41, 5.74) is -2.18. The summed E-state index contributed by atoms with van der Waals surface area (Å²) in [6.45, 7) is 0.913. The van der Waals surface area contributed by atoms with Gasteiger partial charge in [0, 0.05) is 23.7 Å². The summed E-state index contributed by atoms with van der Waals surface area (Å²) < 4.78 is 50.0. The van der Waals surface area contributed by atoms with E-state index in [1.54, 1.807) is 6.92 Å². The van der Waals surface area contributed by atoms with Crippen molar-refractivity contribution >= 4 is 22.8 Å². The van der Waals surface area contributed by atoms with Gasteiger partial charge in [0.1, 0.15) is 29.2 Å². The van der Waals surface area contributed by atoms with Crippen LogP contribution in [0.15, 0.2) is 28.8 Å². The van der Waals surface area contributed by atoms with Crippen molar-refractivity contribution in [2.45, 2.75) is 31.7 Å². The van der Waals surface area contributed by atoms with E-state index in [4.69, 9.17) is 9.15 Å². The van der Waals surface area contributed by atoms with Crippen LogP contribution in [-0.4, -0.2) is 45.8 Å². The zero-order valence-electron chi connectivity index (χ0n) is 16.8. The third-order valence-electron chi connectivity index (χ3n) is 5.34. The number of H-pyrrole nitrogens is 1. The molecule has 0 bridgehead atoms. The van der Waals surface area contributed by atoms with Crippen molar-refractivity contribution in [2.75, 3.05) is 13.2 Å². The van der Waals surface area contributed by atoms with Crippen molar-refractivity contribution in [3.63, 3.8) is 0 Å². The Morgan fingerprint density at radius 3 is 2.84 bits per heavy atom. The second-order valence-electron chi connectivity index (χ2n) is 7.44. The van der Waals surface area contributed by atoms with Gasteiger partial charge in [0.15, 0.2) is 5.69 Å². The van der Waals surface area contributed by atoms with Gasteiger partial charge >= 0.3 is 6.18 Å². The van der Waals surface area contributed by atoms with Crippen LogP contribution < -0.4 is 15.4 Å². The summed E-state index contributed by atoms with van der Waals surface area (Å²) in [5.74, 6) is -0.630. The summed E-state index contributed by atoms with van der Waals surface area (Å²) in [5, 5.41) is 20.6. The van der Waals surface area contributed by atoms with E-state index in [0.717, 1.165) is 6.20 Å². The van der Waals surface area contributed by atoms with Crippen LogP contribution in [0, 0.1) is 6.92 Å². The summed E-state index contributed by atoms with van der Waals surface area (Å²) in [4.78, 5) is 25.1. The van der Waals surface area contributed by atoms with Crippen molar-refractivity contribution in [2.24, 2.45) is 0 Å². The second-order valence-corrected chi connectivity index (χ2v) is 7.44. The molecular weight excluding hydrogens is 433 g/mol. The number of ether oxygens (including phenoxy) is 1. The topological polar surface area (TPSA) is 129 Å². The molecule has 1 unspecified atom stereocenters. The zero-order valence-corrected chi connectivity index (χ0v) is 16.8. The molecule has 1 aromatic carbocycles. The van der Waals surface area contributed by atoms with Crippen molar-refractivity contribution < 1.29 is 37.0 Å². The molecule has 0 saturated carbocycles. The Hall–Kier alpha value is -3.54. The second kappa shape index (κ2) is 7.86. The van der Waals surface area contributed by atoms with Crippen LogP contribution in [0.5, 0.6) is 5.75 Å². The average molecular weight is 452 g/mol. The molecule has 0 spiro atoms. The lowest BCUT2D eigenvalue weighted by Gasteiger charge is -2.24. The van der Waals surface area contributed by atoms with Gasteiger partial charge in [-0.1, -0.05) is 0 Å². The SMILES string of the molecule is Cc1oc2ccc(OCc3c[nH]nc3C(F)(F)F)cc2c1C(=O)NC1(CO)CCNC1=O. The van der Waals surface area contributed by atoms with Crippen molar-refractivity contribution in [3.8, 4) is 5.75 Å². The molecule has 32 heavy (non-hydrogen) atoms. The molecule has 0 aliphatic carbocycles. The number of alkyl halides is 3. The monoisotopic (exact) mass is 452 g/mol. The van der Waals surface area contributed by atoms with E-state index in [0.29, 0.717) is 17.5 Å². The predicted molar refractivity (Wildman–Crippen MR) is 104 cm³/mol. The molecule has 4 N–H and O–H groups in total. The number of aryl methyl sites for hydroxylation is 1. The number of halogens is 3. The number of hydrogen-bond acceptors (Lipinski definition) is 6. The number of aliphatic hydroxyl groups excluding tert-OH is 1. The number of benzene rings is 1. The molecule has 1 aliphatic rings. The largest absolute Gasteiger partial charge is 0.489 e. The highest BCUT2D eigenvalue weighted by Gasteiger charge is 2.44. The first-order valence-corrected chi connectivity index (χ1v) is 9.62. The molecule has 1 fully saturated rings. The maximum absolute atomic E-state index is 13.0. The smallest absolute Gasteiger partial charge is 0.435 e. The Morgan fingerprint density at radius 2 is 2.19 bits per heavy atom. The van der Waals surface area contributed by atoms with E-state index in [9.17, 15) is 27.9 Å². The molecule has 4 rings (SSSR count). The van der Waals surface area contributed by atoms with Crippen molar-refractivity contribution in [1.82, 2.24) is 20.8 Å². The quantitative estimate of drug-likeness (QED) is 0.453. The highest BCUT2D eigenvalue weighted by molar-refractivity contribution is 6.09. The summed E-state index contributed by atoms with van der Waals surface area (Å²) in [7, 11) is 0. The van der Waals surface area contributed by atoms with Crippen LogP contribution >= 0.6 is 0 Å². The minimum Gasteiger partial charge on any atom is -0.489 e. The first-order valence-electron chi connectivity index (χ1n) is 9.62. The van der Waals surface area contributed by atoms with E-state index in [1.165, 1.54) is 18.2 Å². The van der Waals surface area contributed by atoms with E-state index in [-0.39, 0.29) is 29.1 Å². The van der Waals surface area contributed by atoms with Gasteiger partial charge in [-0.05, 0) is 31.5 Å². The van der Waals surface area contributed by atoms with E-state index in [1.807, 2.05) is 0 Å². The number of furan rings is 1. The Bertz CT molecular complexity index is 1190. The predicted octanol–water partition coefficient (Wildman–Crippen LogP) is 2.04. The minimum atomic E-state index is -4.62. The minimum absolute atomic E-state index is 0.136. The number of carbonyl (C=O) groups excluding carboxylic acids is 2. The number of aliphatic hydroxyl groups is 1. The Kier molecular flexibility index (Phi) is 5.33. The molecule has 1 saturated heterocycles. The Morgan fingerprint density at radius 1 is 1.41 bits per heavy atom. The lowest BCUT2D eigenvalue weighted by Crippen LogP contribution is -2.56. The molecule has 1 atom stereocenters. The van der Waals surface area contributed by atoms with Crippen LogP contribution in [0.2, 0.25) is 0 Å². The Balaban J connectivity index is 1.59. The van der Waals surface area contributed by atoms with Gasteiger partial charge in [-0.2, -0.15) is 18.3 Å².